The molecular weight excluding hydrogens is 308 g/mol. The molecule has 1 aliphatic carbocycles. The van der Waals surface area contributed by atoms with Crippen molar-refractivity contribution >= 4 is 11.3 Å². The van der Waals surface area contributed by atoms with E-state index in [1.807, 2.05) is 11.4 Å². The third kappa shape index (κ3) is 2.32. The molecule has 1 atom stereocenters. The van der Waals surface area contributed by atoms with E-state index in [0.29, 0.717) is 17.4 Å². The van der Waals surface area contributed by atoms with Gasteiger partial charge in [0.05, 0.1) is 21.7 Å². The number of allylic oxidation sites excluding steroid dienone is 1. The summed E-state index contributed by atoms with van der Waals surface area (Å²) in [5.74, 6) is 1.15. The van der Waals surface area contributed by atoms with Gasteiger partial charge in [0.15, 0.2) is 0 Å². The lowest BCUT2D eigenvalue weighted by atomic mass is 9.73. The topological polar surface area (TPSA) is 87.7 Å². The molecule has 0 unspecified atom stereocenters. The van der Waals surface area contributed by atoms with Gasteiger partial charge < -0.3 is 10.5 Å². The zero-order chi connectivity index (χ0) is 15.8. The first kappa shape index (κ1) is 14.3. The number of hydrogen-bond donors (Lipinski definition) is 2. The molecule has 118 valence electrons. The number of fused-ring (bicyclic) bond motifs is 1. The molecule has 0 spiro atoms. The summed E-state index contributed by atoms with van der Waals surface area (Å²) in [7, 11) is 0. The van der Waals surface area contributed by atoms with Crippen LogP contribution in [0.4, 0.5) is 0 Å². The number of nitrogens with zero attached hydrogens (tertiary/aromatic N) is 2. The van der Waals surface area contributed by atoms with Crippen LogP contribution in [-0.4, -0.2) is 10.2 Å². The predicted octanol–water partition coefficient (Wildman–Crippen LogP) is 3.89. The van der Waals surface area contributed by atoms with E-state index in [2.05, 4.69) is 22.3 Å². The van der Waals surface area contributed by atoms with E-state index in [1.54, 1.807) is 11.3 Å². The highest BCUT2D eigenvalue weighted by atomic mass is 32.1. The monoisotopic (exact) mass is 326 g/mol. The van der Waals surface area contributed by atoms with Crippen LogP contribution in [0.1, 0.15) is 43.6 Å². The van der Waals surface area contributed by atoms with Gasteiger partial charge >= 0.3 is 0 Å². The van der Waals surface area contributed by atoms with Gasteiger partial charge in [-0.25, -0.2) is 0 Å². The Morgan fingerprint density at radius 1 is 1.35 bits per heavy atom. The van der Waals surface area contributed by atoms with E-state index in [9.17, 15) is 5.26 Å². The third-order valence-corrected chi connectivity index (χ3v) is 5.76. The van der Waals surface area contributed by atoms with Crippen LogP contribution in [-0.2, 0) is 0 Å². The highest BCUT2D eigenvalue weighted by Gasteiger charge is 2.39. The number of nitrogens with one attached hydrogen (secondary N) is 1. The van der Waals surface area contributed by atoms with E-state index in [4.69, 9.17) is 10.5 Å². The number of ether oxygens (including phenoxy) is 1. The minimum Gasteiger partial charge on any atom is -0.420 e. The summed E-state index contributed by atoms with van der Waals surface area (Å²) in [6.07, 6.45) is 5.94. The Hall–Kier alpha value is -2.26. The molecule has 6 heteroatoms. The Balaban J connectivity index is 1.85. The second-order valence-corrected chi connectivity index (χ2v) is 7.11. The summed E-state index contributed by atoms with van der Waals surface area (Å²) < 4.78 is 5.63. The van der Waals surface area contributed by atoms with Gasteiger partial charge in [0, 0.05) is 5.92 Å². The smallest absolute Gasteiger partial charge is 0.244 e. The Morgan fingerprint density at radius 3 is 2.87 bits per heavy atom. The molecule has 1 aliphatic heterocycles. The normalized spacial score (nSPS) is 21.6. The minimum absolute atomic E-state index is 0.0140. The minimum atomic E-state index is -0.0140. The van der Waals surface area contributed by atoms with Crippen LogP contribution >= 0.6 is 11.3 Å². The lowest BCUT2D eigenvalue weighted by Crippen LogP contribution is -2.26. The molecule has 0 aromatic carbocycles. The fourth-order valence-corrected chi connectivity index (χ4v) is 4.56. The Labute approximate surface area is 138 Å². The average molecular weight is 326 g/mol. The van der Waals surface area contributed by atoms with Crippen molar-refractivity contribution in [2.24, 2.45) is 11.7 Å². The van der Waals surface area contributed by atoms with Gasteiger partial charge in [-0.1, -0.05) is 25.3 Å². The van der Waals surface area contributed by atoms with Gasteiger partial charge in [0.1, 0.15) is 6.07 Å². The summed E-state index contributed by atoms with van der Waals surface area (Å²) in [4.78, 5) is 1.11. The molecule has 1 fully saturated rings. The van der Waals surface area contributed by atoms with Crippen molar-refractivity contribution in [1.82, 2.24) is 10.2 Å². The van der Waals surface area contributed by atoms with Crippen molar-refractivity contribution in [2.75, 3.05) is 0 Å². The van der Waals surface area contributed by atoms with Crippen LogP contribution in [0.25, 0.3) is 10.6 Å². The van der Waals surface area contributed by atoms with Gasteiger partial charge in [-0.2, -0.15) is 5.26 Å². The van der Waals surface area contributed by atoms with Crippen LogP contribution in [0.2, 0.25) is 0 Å². The lowest BCUT2D eigenvalue weighted by Gasteiger charge is -2.32. The second-order valence-electron chi connectivity index (χ2n) is 6.16. The summed E-state index contributed by atoms with van der Waals surface area (Å²) in [5, 5.41) is 19.1. The molecule has 0 radical (unpaired) electrons. The maximum atomic E-state index is 9.65. The van der Waals surface area contributed by atoms with Crippen LogP contribution in [0.5, 0.6) is 5.88 Å². The number of aromatic amines is 1. The number of nitriles is 1. The zero-order valence-corrected chi connectivity index (χ0v) is 13.5. The van der Waals surface area contributed by atoms with Crippen molar-refractivity contribution in [3.8, 4) is 22.5 Å². The number of hydrogen-bond acceptors (Lipinski definition) is 5. The van der Waals surface area contributed by atoms with Crippen molar-refractivity contribution in [1.29, 1.82) is 5.26 Å². The highest BCUT2D eigenvalue weighted by Crippen LogP contribution is 2.49. The van der Waals surface area contributed by atoms with E-state index in [1.165, 1.54) is 19.3 Å². The summed E-state index contributed by atoms with van der Waals surface area (Å²) in [6.45, 7) is 0. The predicted molar refractivity (Wildman–Crippen MR) is 88.7 cm³/mol. The van der Waals surface area contributed by atoms with Crippen molar-refractivity contribution in [3.05, 3.63) is 34.5 Å². The molecule has 0 amide bonds. The molecule has 0 bridgehead atoms. The molecule has 2 aromatic heterocycles. The highest BCUT2D eigenvalue weighted by molar-refractivity contribution is 7.13. The molecule has 23 heavy (non-hydrogen) atoms. The molecule has 4 rings (SSSR count). The summed E-state index contributed by atoms with van der Waals surface area (Å²) in [5.41, 5.74) is 8.54. The standard InChI is InChI=1S/C17H18N4OS/c18-9-11-13(10-5-2-1-3-6-10)14-15(12-7-4-8-23-12)20-21-17(14)22-16(11)19/h4,7-8,10,13H,1-3,5-6,19H2,(H,20,21)/t13-/m1/s1. The fraction of sp³-hybridized carbons (Fsp3) is 0.412. The largest absolute Gasteiger partial charge is 0.420 e. The number of H-pyrrole nitrogens is 1. The van der Waals surface area contributed by atoms with Gasteiger partial charge in [0.25, 0.3) is 0 Å². The van der Waals surface area contributed by atoms with Crippen molar-refractivity contribution in [3.63, 3.8) is 0 Å². The molecular formula is C17H18N4OS. The van der Waals surface area contributed by atoms with E-state index >= 15 is 0 Å². The maximum Gasteiger partial charge on any atom is 0.244 e. The first-order valence-electron chi connectivity index (χ1n) is 7.99. The van der Waals surface area contributed by atoms with Crippen LogP contribution in [0.15, 0.2) is 29.0 Å². The lowest BCUT2D eigenvalue weighted by molar-refractivity contribution is 0.297. The molecule has 3 heterocycles. The Morgan fingerprint density at radius 2 is 2.17 bits per heavy atom. The molecule has 3 N–H and O–H groups in total. The molecule has 2 aliphatic rings. The maximum absolute atomic E-state index is 9.65. The van der Waals surface area contributed by atoms with E-state index in [-0.39, 0.29) is 11.8 Å². The number of nitrogens with two attached hydrogens (primary N) is 1. The molecule has 2 aromatic rings. The Bertz CT molecular complexity index is 778. The van der Waals surface area contributed by atoms with Crippen LogP contribution in [0, 0.1) is 17.2 Å². The Kier molecular flexibility index (Phi) is 3.58. The van der Waals surface area contributed by atoms with Crippen LogP contribution in [0.3, 0.4) is 0 Å². The van der Waals surface area contributed by atoms with Gasteiger partial charge in [-0.05, 0) is 30.2 Å². The first-order valence-corrected chi connectivity index (χ1v) is 8.87. The second kappa shape index (κ2) is 5.74. The van der Waals surface area contributed by atoms with Gasteiger partial charge in [0.2, 0.25) is 11.8 Å². The average Bonchev–Trinajstić information content (AvgIpc) is 3.23. The number of rotatable bonds is 2. The molecule has 0 saturated heterocycles. The third-order valence-electron chi connectivity index (χ3n) is 4.87. The van der Waals surface area contributed by atoms with E-state index < -0.39 is 0 Å². The summed E-state index contributed by atoms with van der Waals surface area (Å²) in [6, 6.07) is 6.37. The molecule has 5 nitrogen and oxygen atoms in total. The first-order chi connectivity index (χ1) is 11.3. The van der Waals surface area contributed by atoms with Crippen LogP contribution < -0.4 is 10.5 Å². The van der Waals surface area contributed by atoms with Crippen molar-refractivity contribution < 1.29 is 4.74 Å². The van der Waals surface area contributed by atoms with Gasteiger partial charge in [-0.3, -0.25) is 5.10 Å². The van der Waals surface area contributed by atoms with Gasteiger partial charge in [-0.15, -0.1) is 16.4 Å². The SMILES string of the molecule is N#CC1=C(N)Oc2n[nH]c(-c3cccs3)c2[C@@H]1C1CCCCC1. The molecule has 1 saturated carbocycles. The van der Waals surface area contributed by atoms with Crippen molar-refractivity contribution in [2.45, 2.75) is 38.0 Å². The fourth-order valence-electron chi connectivity index (χ4n) is 3.83. The zero-order valence-electron chi connectivity index (χ0n) is 12.7. The number of thiophene rings is 1. The number of aromatic nitrogens is 2. The summed E-state index contributed by atoms with van der Waals surface area (Å²) >= 11 is 1.65. The van der Waals surface area contributed by atoms with E-state index in [0.717, 1.165) is 29.0 Å². The quantitative estimate of drug-likeness (QED) is 0.876.